The molecule has 0 aromatic heterocycles. The zero-order valence-corrected chi connectivity index (χ0v) is 14.9. The molecule has 1 aromatic rings. The second-order valence-corrected chi connectivity index (χ2v) is 7.20. The number of likely N-dealkylation sites (N-methyl/N-ethyl adjacent to an activating group) is 1. The normalized spacial score (nSPS) is 26.6. The Balaban J connectivity index is 1.74. The minimum atomic E-state index is -0.417. The van der Waals surface area contributed by atoms with Gasteiger partial charge in [0, 0.05) is 18.7 Å². The van der Waals surface area contributed by atoms with Crippen molar-refractivity contribution >= 4 is 5.91 Å². The number of amides is 1. The van der Waals surface area contributed by atoms with E-state index in [4.69, 9.17) is 14.7 Å². The van der Waals surface area contributed by atoms with Crippen LogP contribution in [-0.2, 0) is 9.47 Å². The van der Waals surface area contributed by atoms with Crippen molar-refractivity contribution in [2.24, 2.45) is 0 Å². The SMILES string of the molecule is CN(C)C[C@H]1CC[C@@]2(COCCN(C(=O)c3cccc(C#N)c3)C2)O1. The summed E-state index contributed by atoms with van der Waals surface area (Å²) >= 11 is 0. The first kappa shape index (κ1) is 17.9. The van der Waals surface area contributed by atoms with E-state index in [1.807, 2.05) is 19.0 Å². The van der Waals surface area contributed by atoms with Gasteiger partial charge in [0.05, 0.1) is 37.5 Å². The maximum atomic E-state index is 12.9. The van der Waals surface area contributed by atoms with Gasteiger partial charge in [0.1, 0.15) is 5.60 Å². The van der Waals surface area contributed by atoms with Gasteiger partial charge in [0.15, 0.2) is 0 Å². The third-order valence-electron chi connectivity index (χ3n) is 4.78. The van der Waals surface area contributed by atoms with Crippen LogP contribution in [0.2, 0.25) is 0 Å². The Hall–Kier alpha value is -1.94. The third kappa shape index (κ3) is 4.18. The lowest BCUT2D eigenvalue weighted by molar-refractivity contribution is -0.0878. The number of hydrogen-bond acceptors (Lipinski definition) is 5. The number of rotatable bonds is 3. The fraction of sp³-hybridized carbons (Fsp3) is 0.579. The Kier molecular flexibility index (Phi) is 5.38. The fourth-order valence-electron chi connectivity index (χ4n) is 3.64. The standard InChI is InChI=1S/C19H25N3O3/c1-21(2)12-17-6-7-19(25-17)13-22(8-9-24-14-19)18(23)16-5-3-4-15(10-16)11-20/h3-5,10,17H,6-9,12-14H2,1-2H3/t17-,19-/m1/s1. The van der Waals surface area contributed by atoms with E-state index in [0.29, 0.717) is 37.4 Å². The topological polar surface area (TPSA) is 65.8 Å². The smallest absolute Gasteiger partial charge is 0.254 e. The largest absolute Gasteiger partial charge is 0.377 e. The lowest BCUT2D eigenvalue weighted by Gasteiger charge is -2.32. The maximum Gasteiger partial charge on any atom is 0.254 e. The Morgan fingerprint density at radius 1 is 1.48 bits per heavy atom. The molecule has 0 N–H and O–H groups in total. The minimum absolute atomic E-state index is 0.0679. The number of ether oxygens (including phenoxy) is 2. The van der Waals surface area contributed by atoms with Gasteiger partial charge < -0.3 is 19.3 Å². The first-order valence-electron chi connectivity index (χ1n) is 8.71. The van der Waals surface area contributed by atoms with Gasteiger partial charge >= 0.3 is 0 Å². The second kappa shape index (κ2) is 7.52. The highest BCUT2D eigenvalue weighted by Gasteiger charge is 2.44. The molecule has 1 spiro atoms. The molecule has 134 valence electrons. The van der Waals surface area contributed by atoms with Crippen molar-refractivity contribution in [1.82, 2.24) is 9.80 Å². The molecule has 1 aromatic carbocycles. The quantitative estimate of drug-likeness (QED) is 0.832. The van der Waals surface area contributed by atoms with Crippen LogP contribution < -0.4 is 0 Å². The summed E-state index contributed by atoms with van der Waals surface area (Å²) in [6.07, 6.45) is 2.05. The van der Waals surface area contributed by atoms with Crippen LogP contribution in [0.15, 0.2) is 24.3 Å². The number of carbonyl (C=O) groups is 1. The summed E-state index contributed by atoms with van der Waals surface area (Å²) in [5.41, 5.74) is 0.619. The zero-order chi connectivity index (χ0) is 17.9. The summed E-state index contributed by atoms with van der Waals surface area (Å²) in [6, 6.07) is 8.93. The fourth-order valence-corrected chi connectivity index (χ4v) is 3.64. The molecule has 6 heteroatoms. The first-order valence-corrected chi connectivity index (χ1v) is 8.71. The van der Waals surface area contributed by atoms with E-state index in [9.17, 15) is 4.79 Å². The van der Waals surface area contributed by atoms with Crippen molar-refractivity contribution in [1.29, 1.82) is 5.26 Å². The number of nitriles is 1. The molecule has 2 saturated heterocycles. The summed E-state index contributed by atoms with van der Waals surface area (Å²) in [4.78, 5) is 16.8. The number of nitrogens with zero attached hydrogens (tertiary/aromatic N) is 3. The van der Waals surface area contributed by atoms with Gasteiger partial charge in [-0.05, 0) is 45.1 Å². The Morgan fingerprint density at radius 2 is 2.32 bits per heavy atom. The molecule has 0 aliphatic carbocycles. The monoisotopic (exact) mass is 343 g/mol. The molecule has 1 amide bonds. The van der Waals surface area contributed by atoms with E-state index >= 15 is 0 Å². The summed E-state index contributed by atoms with van der Waals surface area (Å²) in [6.45, 7) is 2.98. The summed E-state index contributed by atoms with van der Waals surface area (Å²) in [7, 11) is 4.08. The second-order valence-electron chi connectivity index (χ2n) is 7.20. The molecular formula is C19H25N3O3. The molecular weight excluding hydrogens is 318 g/mol. The van der Waals surface area contributed by atoms with Gasteiger partial charge in [-0.15, -0.1) is 0 Å². The Bertz CT molecular complexity index is 670. The highest BCUT2D eigenvalue weighted by Crippen LogP contribution is 2.33. The van der Waals surface area contributed by atoms with Gasteiger partial charge in [-0.1, -0.05) is 6.07 Å². The molecule has 6 nitrogen and oxygen atoms in total. The van der Waals surface area contributed by atoms with Crippen molar-refractivity contribution in [3.63, 3.8) is 0 Å². The van der Waals surface area contributed by atoms with E-state index in [-0.39, 0.29) is 12.0 Å². The maximum absolute atomic E-state index is 12.9. The van der Waals surface area contributed by atoms with Crippen LogP contribution in [0, 0.1) is 11.3 Å². The van der Waals surface area contributed by atoms with Crippen molar-refractivity contribution in [2.75, 3.05) is 46.9 Å². The first-order chi connectivity index (χ1) is 12.0. The van der Waals surface area contributed by atoms with E-state index in [2.05, 4.69) is 11.0 Å². The lowest BCUT2D eigenvalue weighted by Crippen LogP contribution is -2.47. The van der Waals surface area contributed by atoms with E-state index in [1.54, 1.807) is 24.3 Å². The minimum Gasteiger partial charge on any atom is -0.377 e. The summed E-state index contributed by atoms with van der Waals surface area (Å²) in [5.74, 6) is -0.0679. The molecule has 0 bridgehead atoms. The number of hydrogen-bond donors (Lipinski definition) is 0. The van der Waals surface area contributed by atoms with Gasteiger partial charge in [-0.2, -0.15) is 5.26 Å². The van der Waals surface area contributed by atoms with Crippen molar-refractivity contribution in [3.8, 4) is 6.07 Å². The van der Waals surface area contributed by atoms with Crippen LogP contribution in [0.4, 0.5) is 0 Å². The molecule has 2 fully saturated rings. The van der Waals surface area contributed by atoms with Gasteiger partial charge in [0.25, 0.3) is 5.91 Å². The molecule has 2 atom stereocenters. The molecule has 2 aliphatic heterocycles. The molecule has 2 aliphatic rings. The lowest BCUT2D eigenvalue weighted by atomic mass is 9.99. The van der Waals surface area contributed by atoms with Crippen LogP contribution in [0.1, 0.15) is 28.8 Å². The third-order valence-corrected chi connectivity index (χ3v) is 4.78. The highest BCUT2D eigenvalue weighted by atomic mass is 16.6. The molecule has 25 heavy (non-hydrogen) atoms. The summed E-state index contributed by atoms with van der Waals surface area (Å²) in [5, 5.41) is 9.05. The van der Waals surface area contributed by atoms with E-state index in [0.717, 1.165) is 19.4 Å². The number of carbonyl (C=O) groups excluding carboxylic acids is 1. The van der Waals surface area contributed by atoms with Crippen LogP contribution in [0.5, 0.6) is 0 Å². The van der Waals surface area contributed by atoms with Crippen LogP contribution in [0.3, 0.4) is 0 Å². The van der Waals surface area contributed by atoms with Gasteiger partial charge in [0.2, 0.25) is 0 Å². The number of benzene rings is 1. The van der Waals surface area contributed by atoms with E-state index < -0.39 is 5.60 Å². The molecule has 2 heterocycles. The van der Waals surface area contributed by atoms with E-state index in [1.165, 1.54) is 0 Å². The van der Waals surface area contributed by atoms with Gasteiger partial charge in [-0.3, -0.25) is 4.79 Å². The van der Waals surface area contributed by atoms with Crippen LogP contribution >= 0.6 is 0 Å². The van der Waals surface area contributed by atoms with Crippen LogP contribution in [-0.4, -0.2) is 74.4 Å². The average Bonchev–Trinajstić information content (AvgIpc) is 2.86. The average molecular weight is 343 g/mol. The van der Waals surface area contributed by atoms with Crippen molar-refractivity contribution < 1.29 is 14.3 Å². The predicted molar refractivity (Wildman–Crippen MR) is 93.3 cm³/mol. The molecule has 0 saturated carbocycles. The Labute approximate surface area is 148 Å². The van der Waals surface area contributed by atoms with Gasteiger partial charge in [-0.25, -0.2) is 0 Å². The molecule has 3 rings (SSSR count). The predicted octanol–water partition coefficient (Wildman–Crippen LogP) is 1.51. The molecule has 0 radical (unpaired) electrons. The van der Waals surface area contributed by atoms with Crippen molar-refractivity contribution in [3.05, 3.63) is 35.4 Å². The Morgan fingerprint density at radius 3 is 3.08 bits per heavy atom. The molecule has 0 unspecified atom stereocenters. The summed E-state index contributed by atoms with van der Waals surface area (Å²) < 4.78 is 12.1. The highest BCUT2D eigenvalue weighted by molar-refractivity contribution is 5.94. The van der Waals surface area contributed by atoms with Crippen molar-refractivity contribution in [2.45, 2.75) is 24.5 Å². The zero-order valence-electron chi connectivity index (χ0n) is 14.9. The van der Waals surface area contributed by atoms with Crippen LogP contribution in [0.25, 0.3) is 0 Å².